The summed E-state index contributed by atoms with van der Waals surface area (Å²) in [6.45, 7) is 5.94. The Kier molecular flexibility index (Phi) is 5.74. The van der Waals surface area contributed by atoms with Gasteiger partial charge < -0.3 is 15.1 Å². The van der Waals surface area contributed by atoms with Crippen molar-refractivity contribution in [2.24, 2.45) is 0 Å². The lowest BCUT2D eigenvalue weighted by Crippen LogP contribution is -2.44. The summed E-state index contributed by atoms with van der Waals surface area (Å²) in [6, 6.07) is 20.0. The SMILES string of the molecule is CC(NC(=O)c1cc(N2CCN(C)CC2)ccc1Cl)c1cccc2ccccc12. The van der Waals surface area contributed by atoms with Gasteiger partial charge in [-0.15, -0.1) is 0 Å². The van der Waals surface area contributed by atoms with Crippen LogP contribution in [0.3, 0.4) is 0 Å². The number of carbonyl (C=O) groups is 1. The fraction of sp³-hybridized carbons (Fsp3) is 0.292. The second-order valence-corrected chi connectivity index (χ2v) is 8.13. The lowest BCUT2D eigenvalue weighted by Gasteiger charge is -2.34. The Labute approximate surface area is 177 Å². The molecule has 1 saturated heterocycles. The molecule has 0 aliphatic carbocycles. The molecule has 1 amide bonds. The summed E-state index contributed by atoms with van der Waals surface area (Å²) in [6.07, 6.45) is 0. The summed E-state index contributed by atoms with van der Waals surface area (Å²) < 4.78 is 0. The molecule has 29 heavy (non-hydrogen) atoms. The number of amides is 1. The molecule has 4 rings (SSSR count). The molecule has 0 saturated carbocycles. The van der Waals surface area contributed by atoms with Crippen molar-refractivity contribution >= 4 is 34.0 Å². The highest BCUT2D eigenvalue weighted by Gasteiger charge is 2.19. The number of halogens is 1. The van der Waals surface area contributed by atoms with E-state index in [1.165, 1.54) is 5.39 Å². The summed E-state index contributed by atoms with van der Waals surface area (Å²) in [5, 5.41) is 5.93. The van der Waals surface area contributed by atoms with Gasteiger partial charge in [0, 0.05) is 31.9 Å². The Morgan fingerprint density at radius 1 is 1.00 bits per heavy atom. The zero-order valence-corrected chi connectivity index (χ0v) is 17.6. The Morgan fingerprint density at radius 2 is 1.72 bits per heavy atom. The van der Waals surface area contributed by atoms with Crippen LogP contribution in [0.5, 0.6) is 0 Å². The van der Waals surface area contributed by atoms with Gasteiger partial charge in [0.25, 0.3) is 5.91 Å². The van der Waals surface area contributed by atoms with Crippen LogP contribution in [0, 0.1) is 0 Å². The van der Waals surface area contributed by atoms with E-state index in [9.17, 15) is 4.79 Å². The molecule has 1 N–H and O–H groups in total. The van der Waals surface area contributed by atoms with E-state index in [-0.39, 0.29) is 11.9 Å². The average molecular weight is 408 g/mol. The van der Waals surface area contributed by atoms with Crippen LogP contribution in [0.25, 0.3) is 10.8 Å². The number of anilines is 1. The lowest BCUT2D eigenvalue weighted by molar-refractivity contribution is 0.0940. The summed E-state index contributed by atoms with van der Waals surface area (Å²) in [5.74, 6) is -0.147. The molecule has 0 spiro atoms. The van der Waals surface area contributed by atoms with E-state index >= 15 is 0 Å². The molecule has 3 aromatic carbocycles. The van der Waals surface area contributed by atoms with Crippen LogP contribution in [0.15, 0.2) is 60.7 Å². The summed E-state index contributed by atoms with van der Waals surface area (Å²) in [4.78, 5) is 17.7. The van der Waals surface area contributed by atoms with Gasteiger partial charge in [0.2, 0.25) is 0 Å². The maximum Gasteiger partial charge on any atom is 0.253 e. The fourth-order valence-electron chi connectivity index (χ4n) is 3.93. The number of benzene rings is 3. The third-order valence-corrected chi connectivity index (χ3v) is 6.03. The highest BCUT2D eigenvalue weighted by Crippen LogP contribution is 2.27. The molecule has 5 heteroatoms. The Morgan fingerprint density at radius 3 is 2.52 bits per heavy atom. The van der Waals surface area contributed by atoms with Crippen molar-refractivity contribution in [2.45, 2.75) is 13.0 Å². The van der Waals surface area contributed by atoms with Crippen molar-refractivity contribution in [3.63, 3.8) is 0 Å². The molecular formula is C24H26ClN3O. The normalized spacial score (nSPS) is 16.0. The number of nitrogens with one attached hydrogen (secondary N) is 1. The topological polar surface area (TPSA) is 35.6 Å². The molecule has 4 nitrogen and oxygen atoms in total. The van der Waals surface area contributed by atoms with Crippen LogP contribution in [0.2, 0.25) is 5.02 Å². The number of hydrogen-bond donors (Lipinski definition) is 1. The first kappa shape index (κ1) is 19.7. The third-order valence-electron chi connectivity index (χ3n) is 5.70. The molecule has 1 fully saturated rings. The summed E-state index contributed by atoms with van der Waals surface area (Å²) in [7, 11) is 2.13. The predicted molar refractivity (Wildman–Crippen MR) is 121 cm³/mol. The molecule has 1 atom stereocenters. The second-order valence-electron chi connectivity index (χ2n) is 7.72. The van der Waals surface area contributed by atoms with E-state index in [4.69, 9.17) is 11.6 Å². The highest BCUT2D eigenvalue weighted by molar-refractivity contribution is 6.34. The first-order valence-electron chi connectivity index (χ1n) is 10.0. The van der Waals surface area contributed by atoms with Gasteiger partial charge in [-0.05, 0) is 48.5 Å². The minimum Gasteiger partial charge on any atom is -0.369 e. The van der Waals surface area contributed by atoms with E-state index < -0.39 is 0 Å². The molecule has 0 radical (unpaired) electrons. The quantitative estimate of drug-likeness (QED) is 0.678. The van der Waals surface area contributed by atoms with Crippen molar-refractivity contribution in [2.75, 3.05) is 38.1 Å². The van der Waals surface area contributed by atoms with Crippen molar-refractivity contribution in [1.82, 2.24) is 10.2 Å². The zero-order chi connectivity index (χ0) is 20.4. The van der Waals surface area contributed by atoms with Crippen LogP contribution in [-0.2, 0) is 0 Å². The van der Waals surface area contributed by atoms with Crippen LogP contribution < -0.4 is 10.2 Å². The summed E-state index contributed by atoms with van der Waals surface area (Å²) >= 11 is 6.39. The number of hydrogen-bond acceptors (Lipinski definition) is 3. The average Bonchev–Trinajstić information content (AvgIpc) is 2.74. The van der Waals surface area contributed by atoms with Gasteiger partial charge in [-0.1, -0.05) is 54.1 Å². The molecule has 3 aromatic rings. The Bertz CT molecular complexity index is 1020. The minimum atomic E-state index is -0.147. The Balaban J connectivity index is 1.55. The standard InChI is InChI=1S/C24H26ClN3O/c1-17(20-9-5-7-18-6-3-4-8-21(18)20)26-24(29)22-16-19(10-11-23(22)25)28-14-12-27(2)13-15-28/h3-11,16-17H,12-15H2,1-2H3,(H,26,29). The monoisotopic (exact) mass is 407 g/mol. The maximum atomic E-state index is 13.1. The van der Waals surface area contributed by atoms with Crippen LogP contribution in [0.1, 0.15) is 28.9 Å². The van der Waals surface area contributed by atoms with Crippen LogP contribution in [-0.4, -0.2) is 44.0 Å². The molecule has 1 aliphatic rings. The number of piperazine rings is 1. The Hall–Kier alpha value is -2.56. The molecule has 1 heterocycles. The number of nitrogens with zero attached hydrogens (tertiary/aromatic N) is 2. The predicted octanol–water partition coefficient (Wildman–Crippen LogP) is 4.74. The van der Waals surface area contributed by atoms with Gasteiger partial charge in [0.1, 0.15) is 0 Å². The minimum absolute atomic E-state index is 0.128. The zero-order valence-electron chi connectivity index (χ0n) is 16.9. The van der Waals surface area contributed by atoms with Gasteiger partial charge in [-0.25, -0.2) is 0 Å². The van der Waals surface area contributed by atoms with E-state index in [2.05, 4.69) is 46.4 Å². The van der Waals surface area contributed by atoms with Gasteiger partial charge in [-0.3, -0.25) is 4.79 Å². The third kappa shape index (κ3) is 4.24. The van der Waals surface area contributed by atoms with Crippen LogP contribution >= 0.6 is 11.6 Å². The van der Waals surface area contributed by atoms with E-state index in [0.29, 0.717) is 10.6 Å². The summed E-state index contributed by atoms with van der Waals surface area (Å²) in [5.41, 5.74) is 2.67. The van der Waals surface area contributed by atoms with Gasteiger partial charge in [-0.2, -0.15) is 0 Å². The smallest absolute Gasteiger partial charge is 0.253 e. The van der Waals surface area contributed by atoms with E-state index in [1.807, 2.05) is 43.3 Å². The first-order chi connectivity index (χ1) is 14.0. The van der Waals surface area contributed by atoms with Crippen LogP contribution in [0.4, 0.5) is 5.69 Å². The van der Waals surface area contributed by atoms with Crippen molar-refractivity contribution in [3.05, 3.63) is 76.8 Å². The second kappa shape index (κ2) is 8.44. The largest absolute Gasteiger partial charge is 0.369 e. The van der Waals surface area contributed by atoms with Crippen molar-refractivity contribution in [1.29, 1.82) is 0 Å². The number of rotatable bonds is 4. The molecule has 150 valence electrons. The molecule has 1 unspecified atom stereocenters. The fourth-order valence-corrected chi connectivity index (χ4v) is 4.13. The molecule has 0 bridgehead atoms. The molecule has 1 aliphatic heterocycles. The van der Waals surface area contributed by atoms with Gasteiger partial charge >= 0.3 is 0 Å². The number of fused-ring (bicyclic) bond motifs is 1. The number of likely N-dealkylation sites (N-methyl/N-ethyl adjacent to an activating group) is 1. The van der Waals surface area contributed by atoms with Gasteiger partial charge in [0.05, 0.1) is 16.6 Å². The van der Waals surface area contributed by atoms with E-state index in [0.717, 1.165) is 42.8 Å². The lowest BCUT2D eigenvalue weighted by atomic mass is 9.99. The molecular weight excluding hydrogens is 382 g/mol. The highest BCUT2D eigenvalue weighted by atomic mass is 35.5. The van der Waals surface area contributed by atoms with Crippen molar-refractivity contribution < 1.29 is 4.79 Å². The maximum absolute atomic E-state index is 13.1. The number of carbonyl (C=O) groups excluding carboxylic acids is 1. The first-order valence-corrected chi connectivity index (χ1v) is 10.4. The van der Waals surface area contributed by atoms with Crippen molar-refractivity contribution in [3.8, 4) is 0 Å². The molecule has 0 aromatic heterocycles. The van der Waals surface area contributed by atoms with E-state index in [1.54, 1.807) is 0 Å². The van der Waals surface area contributed by atoms with Gasteiger partial charge in [0.15, 0.2) is 0 Å².